The van der Waals surface area contributed by atoms with Gasteiger partial charge in [0.15, 0.2) is 0 Å². The summed E-state index contributed by atoms with van der Waals surface area (Å²) in [5.74, 6) is 0.155. The third-order valence-electron chi connectivity index (χ3n) is 2.60. The van der Waals surface area contributed by atoms with Gasteiger partial charge in [-0.25, -0.2) is 0 Å². The minimum absolute atomic E-state index is 0.113. The van der Waals surface area contributed by atoms with Crippen LogP contribution in [0.3, 0.4) is 0 Å². The molecule has 0 aliphatic carbocycles. The molecule has 1 atom stereocenters. The second kappa shape index (κ2) is 6.37. The Kier molecular flexibility index (Phi) is 5.44. The van der Waals surface area contributed by atoms with Crippen LogP contribution in [0.5, 0.6) is 0 Å². The lowest BCUT2D eigenvalue weighted by molar-refractivity contribution is -0.131. The highest BCUT2D eigenvalue weighted by Gasteiger charge is 2.14. The van der Waals surface area contributed by atoms with Crippen molar-refractivity contribution in [1.29, 1.82) is 0 Å². The molecule has 0 spiro atoms. The SMILES string of the molecule is CC(CN)N(C)C(=O)CCc1cc(Br)cs1. The summed E-state index contributed by atoms with van der Waals surface area (Å²) in [6.07, 6.45) is 1.35. The molecule has 0 bridgehead atoms. The van der Waals surface area contributed by atoms with Crippen LogP contribution in [-0.4, -0.2) is 30.4 Å². The lowest BCUT2D eigenvalue weighted by Crippen LogP contribution is -2.39. The van der Waals surface area contributed by atoms with Gasteiger partial charge in [0.1, 0.15) is 0 Å². The standard InChI is InChI=1S/C11H17BrN2OS/c1-8(6-13)14(2)11(15)4-3-10-5-9(12)7-16-10/h5,7-8H,3-4,6,13H2,1-2H3. The second-order valence-electron chi connectivity index (χ2n) is 3.82. The molecule has 1 heterocycles. The fourth-order valence-corrected chi connectivity index (χ4v) is 2.75. The molecule has 3 nitrogen and oxygen atoms in total. The summed E-state index contributed by atoms with van der Waals surface area (Å²) in [6.45, 7) is 2.46. The van der Waals surface area contributed by atoms with Crippen molar-refractivity contribution in [3.8, 4) is 0 Å². The zero-order chi connectivity index (χ0) is 12.1. The van der Waals surface area contributed by atoms with E-state index in [4.69, 9.17) is 5.73 Å². The minimum Gasteiger partial charge on any atom is -0.342 e. The smallest absolute Gasteiger partial charge is 0.222 e. The van der Waals surface area contributed by atoms with Crippen LogP contribution in [0, 0.1) is 0 Å². The number of hydrogen-bond donors (Lipinski definition) is 1. The Morgan fingerprint density at radius 3 is 2.88 bits per heavy atom. The van der Waals surface area contributed by atoms with Crippen molar-refractivity contribution in [2.45, 2.75) is 25.8 Å². The lowest BCUT2D eigenvalue weighted by atomic mass is 10.2. The molecule has 1 aromatic heterocycles. The summed E-state index contributed by atoms with van der Waals surface area (Å²) in [5, 5.41) is 2.03. The molecule has 90 valence electrons. The molecule has 0 radical (unpaired) electrons. The number of amides is 1. The maximum absolute atomic E-state index is 11.8. The van der Waals surface area contributed by atoms with Crippen LogP contribution in [0.4, 0.5) is 0 Å². The number of rotatable bonds is 5. The number of nitrogens with zero attached hydrogens (tertiary/aromatic N) is 1. The molecule has 5 heteroatoms. The highest BCUT2D eigenvalue weighted by atomic mass is 79.9. The van der Waals surface area contributed by atoms with Gasteiger partial charge in [0, 0.05) is 40.8 Å². The number of carbonyl (C=O) groups excluding carboxylic acids is 1. The van der Waals surface area contributed by atoms with Gasteiger partial charge in [0.05, 0.1) is 0 Å². The molecule has 0 aliphatic rings. The van der Waals surface area contributed by atoms with Crippen LogP contribution in [0.1, 0.15) is 18.2 Å². The molecule has 0 saturated heterocycles. The number of thiophene rings is 1. The number of hydrogen-bond acceptors (Lipinski definition) is 3. The Bertz CT molecular complexity index is 354. The van der Waals surface area contributed by atoms with E-state index < -0.39 is 0 Å². The van der Waals surface area contributed by atoms with E-state index in [-0.39, 0.29) is 11.9 Å². The molecule has 0 aromatic carbocycles. The molecule has 1 amide bonds. The van der Waals surface area contributed by atoms with E-state index in [1.807, 2.05) is 19.4 Å². The molecule has 16 heavy (non-hydrogen) atoms. The van der Waals surface area contributed by atoms with E-state index in [1.165, 1.54) is 4.88 Å². The Morgan fingerprint density at radius 1 is 1.69 bits per heavy atom. The monoisotopic (exact) mass is 304 g/mol. The van der Waals surface area contributed by atoms with Gasteiger partial charge in [-0.1, -0.05) is 0 Å². The van der Waals surface area contributed by atoms with E-state index in [0.717, 1.165) is 10.9 Å². The lowest BCUT2D eigenvalue weighted by Gasteiger charge is -2.23. The Hall–Kier alpha value is -0.390. The molecular weight excluding hydrogens is 288 g/mol. The molecule has 1 rings (SSSR count). The van der Waals surface area contributed by atoms with Gasteiger partial charge < -0.3 is 10.6 Å². The van der Waals surface area contributed by atoms with Crippen molar-refractivity contribution in [2.75, 3.05) is 13.6 Å². The quantitative estimate of drug-likeness (QED) is 0.907. The zero-order valence-corrected chi connectivity index (χ0v) is 12.0. The fourth-order valence-electron chi connectivity index (χ4n) is 1.30. The Morgan fingerprint density at radius 2 is 2.38 bits per heavy atom. The predicted octanol–water partition coefficient (Wildman–Crippen LogP) is 2.25. The number of nitrogens with two attached hydrogens (primary N) is 1. The number of halogens is 1. The maximum Gasteiger partial charge on any atom is 0.222 e. The van der Waals surface area contributed by atoms with Crippen LogP contribution in [0.2, 0.25) is 0 Å². The topological polar surface area (TPSA) is 46.3 Å². The summed E-state index contributed by atoms with van der Waals surface area (Å²) in [5.41, 5.74) is 5.52. The van der Waals surface area contributed by atoms with Crippen LogP contribution in [-0.2, 0) is 11.2 Å². The van der Waals surface area contributed by atoms with Crippen LogP contribution < -0.4 is 5.73 Å². The van der Waals surface area contributed by atoms with E-state index in [1.54, 1.807) is 16.2 Å². The van der Waals surface area contributed by atoms with E-state index in [2.05, 4.69) is 22.0 Å². The largest absolute Gasteiger partial charge is 0.342 e. The van der Waals surface area contributed by atoms with Crippen molar-refractivity contribution < 1.29 is 4.79 Å². The first-order chi connectivity index (χ1) is 7.54. The number of likely N-dealkylation sites (N-methyl/N-ethyl adjacent to an activating group) is 1. The van der Waals surface area contributed by atoms with Crippen LogP contribution >= 0.6 is 27.3 Å². The fraction of sp³-hybridized carbons (Fsp3) is 0.545. The first kappa shape index (κ1) is 13.7. The predicted molar refractivity (Wildman–Crippen MR) is 71.6 cm³/mol. The molecule has 1 aromatic rings. The Labute approximate surface area is 109 Å². The van der Waals surface area contributed by atoms with Gasteiger partial charge in [0.2, 0.25) is 5.91 Å². The van der Waals surface area contributed by atoms with Gasteiger partial charge in [-0.15, -0.1) is 11.3 Å². The number of aryl methyl sites for hydroxylation is 1. The van der Waals surface area contributed by atoms with Gasteiger partial charge in [-0.2, -0.15) is 0 Å². The first-order valence-corrected chi connectivity index (χ1v) is 6.90. The minimum atomic E-state index is 0.113. The second-order valence-corrected chi connectivity index (χ2v) is 5.73. The zero-order valence-electron chi connectivity index (χ0n) is 9.57. The summed E-state index contributed by atoms with van der Waals surface area (Å²) >= 11 is 5.08. The summed E-state index contributed by atoms with van der Waals surface area (Å²) in [4.78, 5) is 14.7. The molecule has 1 unspecified atom stereocenters. The summed E-state index contributed by atoms with van der Waals surface area (Å²) in [6, 6.07) is 2.17. The van der Waals surface area contributed by atoms with Crippen molar-refractivity contribution in [2.24, 2.45) is 5.73 Å². The Balaban J connectivity index is 2.40. The van der Waals surface area contributed by atoms with Crippen LogP contribution in [0.15, 0.2) is 15.9 Å². The molecule has 2 N–H and O–H groups in total. The molecular formula is C11H17BrN2OS. The molecule has 0 fully saturated rings. The van der Waals surface area contributed by atoms with E-state index >= 15 is 0 Å². The van der Waals surface area contributed by atoms with Crippen molar-refractivity contribution >= 4 is 33.2 Å². The third-order valence-corrected chi connectivity index (χ3v) is 4.36. The van der Waals surface area contributed by atoms with Crippen molar-refractivity contribution in [3.05, 3.63) is 20.8 Å². The third kappa shape index (κ3) is 3.88. The average Bonchev–Trinajstić information content (AvgIpc) is 2.69. The maximum atomic E-state index is 11.8. The van der Waals surface area contributed by atoms with Crippen LogP contribution in [0.25, 0.3) is 0 Å². The first-order valence-electron chi connectivity index (χ1n) is 5.23. The summed E-state index contributed by atoms with van der Waals surface area (Å²) < 4.78 is 1.09. The highest BCUT2D eigenvalue weighted by Crippen LogP contribution is 2.21. The van der Waals surface area contributed by atoms with E-state index in [9.17, 15) is 4.79 Å². The van der Waals surface area contributed by atoms with Gasteiger partial charge >= 0.3 is 0 Å². The van der Waals surface area contributed by atoms with Gasteiger partial charge in [0.25, 0.3) is 0 Å². The molecule has 0 saturated carbocycles. The van der Waals surface area contributed by atoms with Crippen molar-refractivity contribution in [1.82, 2.24) is 4.90 Å². The highest BCUT2D eigenvalue weighted by molar-refractivity contribution is 9.10. The van der Waals surface area contributed by atoms with Gasteiger partial charge in [-0.05, 0) is 35.3 Å². The number of carbonyl (C=O) groups is 1. The average molecular weight is 305 g/mol. The van der Waals surface area contributed by atoms with Crippen molar-refractivity contribution in [3.63, 3.8) is 0 Å². The molecule has 0 aliphatic heterocycles. The normalized spacial score (nSPS) is 12.5. The van der Waals surface area contributed by atoms with Gasteiger partial charge in [-0.3, -0.25) is 4.79 Å². The van der Waals surface area contributed by atoms with E-state index in [0.29, 0.717) is 13.0 Å². The summed E-state index contributed by atoms with van der Waals surface area (Å²) in [7, 11) is 1.81.